The molecule has 0 aromatic carbocycles. The van der Waals surface area contributed by atoms with Crippen molar-refractivity contribution >= 4 is 56.6 Å². The molecule has 1 aliphatic rings. The minimum Gasteiger partial charge on any atom is -0.255 e. The fraction of sp³-hybridized carbons (Fsp3) is 0.667. The SMILES string of the molecule is CC1=C(Cl)C(Cl)N(Cl)C(S(C)(=O)=O)N1Cl. The summed E-state index contributed by atoms with van der Waals surface area (Å²) in [6.07, 6.45) is 1.01. The summed E-state index contributed by atoms with van der Waals surface area (Å²) in [5.74, 6) is 0. The highest BCUT2D eigenvalue weighted by molar-refractivity contribution is 7.91. The number of hydrogen-bond donors (Lipinski definition) is 0. The highest BCUT2D eigenvalue weighted by Gasteiger charge is 2.42. The smallest absolute Gasteiger partial charge is 0.215 e. The molecular formula is C6H8Cl4N2O2S. The minimum absolute atomic E-state index is 0.196. The number of nitrogens with zero attached hydrogens (tertiary/aromatic N) is 2. The summed E-state index contributed by atoms with van der Waals surface area (Å²) in [7, 11) is -3.50. The van der Waals surface area contributed by atoms with Crippen LogP contribution in [0.15, 0.2) is 10.7 Å². The molecule has 15 heavy (non-hydrogen) atoms. The van der Waals surface area contributed by atoms with Gasteiger partial charge in [-0.2, -0.15) is 4.42 Å². The Balaban J connectivity index is 3.25. The molecule has 1 rings (SSSR count). The summed E-state index contributed by atoms with van der Waals surface area (Å²) < 4.78 is 24.7. The van der Waals surface area contributed by atoms with E-state index in [4.69, 9.17) is 46.8 Å². The van der Waals surface area contributed by atoms with Gasteiger partial charge in [-0.3, -0.25) is 4.42 Å². The quantitative estimate of drug-likeness (QED) is 0.423. The number of halogens is 4. The van der Waals surface area contributed by atoms with Crippen LogP contribution in [0.5, 0.6) is 0 Å². The van der Waals surface area contributed by atoms with Crippen molar-refractivity contribution in [1.82, 2.24) is 8.84 Å². The molecule has 0 N–H and O–H groups in total. The van der Waals surface area contributed by atoms with Gasteiger partial charge in [0.2, 0.25) is 5.50 Å². The predicted molar refractivity (Wildman–Crippen MR) is 62.2 cm³/mol. The molecule has 1 heterocycles. The van der Waals surface area contributed by atoms with Crippen LogP contribution in [0.3, 0.4) is 0 Å². The Bertz CT molecular complexity index is 396. The molecule has 0 aromatic rings. The summed E-state index contributed by atoms with van der Waals surface area (Å²) in [6, 6.07) is 0. The standard InChI is InChI=1S/C6H8Cl4N2O2S/c1-3-4(7)5(8)12(10)6(11(3)9)15(2,13)14/h5-6H,1-2H3. The van der Waals surface area contributed by atoms with Gasteiger partial charge in [0.25, 0.3) is 0 Å². The highest BCUT2D eigenvalue weighted by atomic mass is 35.5. The Morgan fingerprint density at radius 2 is 1.80 bits per heavy atom. The van der Waals surface area contributed by atoms with Gasteiger partial charge in [0.1, 0.15) is 5.50 Å². The van der Waals surface area contributed by atoms with Crippen molar-refractivity contribution in [2.45, 2.75) is 17.9 Å². The molecule has 0 saturated heterocycles. The van der Waals surface area contributed by atoms with Crippen molar-refractivity contribution in [1.29, 1.82) is 0 Å². The van der Waals surface area contributed by atoms with E-state index in [1.165, 1.54) is 0 Å². The van der Waals surface area contributed by atoms with Crippen LogP contribution >= 0.6 is 46.8 Å². The van der Waals surface area contributed by atoms with Gasteiger partial charge in [0.15, 0.2) is 9.84 Å². The van der Waals surface area contributed by atoms with E-state index in [9.17, 15) is 8.42 Å². The fourth-order valence-electron chi connectivity index (χ4n) is 1.11. The van der Waals surface area contributed by atoms with Crippen LogP contribution in [0.25, 0.3) is 0 Å². The number of rotatable bonds is 1. The van der Waals surface area contributed by atoms with Crippen LogP contribution < -0.4 is 0 Å². The second-order valence-electron chi connectivity index (χ2n) is 3.08. The molecule has 2 atom stereocenters. The average Bonchev–Trinajstić information content (AvgIpc) is 2.09. The molecular weight excluding hydrogens is 306 g/mol. The van der Waals surface area contributed by atoms with E-state index in [2.05, 4.69) is 0 Å². The van der Waals surface area contributed by atoms with Crippen LogP contribution in [0.4, 0.5) is 0 Å². The summed E-state index contributed by atoms with van der Waals surface area (Å²) in [5, 5.41) is 0.196. The average molecular weight is 314 g/mol. The van der Waals surface area contributed by atoms with Crippen molar-refractivity contribution in [3.63, 3.8) is 0 Å². The first kappa shape index (κ1) is 13.7. The van der Waals surface area contributed by atoms with E-state index < -0.39 is 20.8 Å². The molecule has 0 fully saturated rings. The van der Waals surface area contributed by atoms with Gasteiger partial charge >= 0.3 is 0 Å². The number of allylic oxidation sites excluding steroid dienone is 1. The van der Waals surface area contributed by atoms with Crippen LogP contribution in [0.1, 0.15) is 6.92 Å². The third-order valence-electron chi connectivity index (χ3n) is 1.88. The third kappa shape index (κ3) is 2.48. The van der Waals surface area contributed by atoms with E-state index in [1.807, 2.05) is 0 Å². The molecule has 0 radical (unpaired) electrons. The fourth-order valence-corrected chi connectivity index (χ4v) is 3.99. The van der Waals surface area contributed by atoms with Gasteiger partial charge in [0.05, 0.1) is 5.03 Å². The van der Waals surface area contributed by atoms with Gasteiger partial charge in [-0.15, -0.1) is 0 Å². The lowest BCUT2D eigenvalue weighted by molar-refractivity contribution is 0.271. The van der Waals surface area contributed by atoms with Crippen LogP contribution in [-0.4, -0.2) is 34.5 Å². The lowest BCUT2D eigenvalue weighted by Crippen LogP contribution is -2.50. The predicted octanol–water partition coefficient (Wildman–Crippen LogP) is 2.28. The molecule has 0 amide bonds. The van der Waals surface area contributed by atoms with Crippen molar-refractivity contribution in [2.75, 3.05) is 6.26 Å². The lowest BCUT2D eigenvalue weighted by Gasteiger charge is -2.38. The van der Waals surface area contributed by atoms with Crippen LogP contribution in [0.2, 0.25) is 0 Å². The Kier molecular flexibility index (Phi) is 4.07. The zero-order chi connectivity index (χ0) is 12.0. The van der Waals surface area contributed by atoms with E-state index in [-0.39, 0.29) is 5.03 Å². The van der Waals surface area contributed by atoms with Crippen LogP contribution in [0, 0.1) is 0 Å². The number of alkyl halides is 1. The number of sulfone groups is 1. The number of hydrogen-bond acceptors (Lipinski definition) is 4. The summed E-state index contributed by atoms with van der Waals surface area (Å²) in [5.41, 5.74) is -1.78. The molecule has 0 saturated carbocycles. The van der Waals surface area contributed by atoms with E-state index in [0.717, 1.165) is 15.1 Å². The molecule has 0 bridgehead atoms. The maximum atomic E-state index is 11.4. The molecule has 1 aliphatic heterocycles. The van der Waals surface area contributed by atoms with Crippen molar-refractivity contribution in [3.8, 4) is 0 Å². The minimum atomic E-state index is -3.50. The topological polar surface area (TPSA) is 40.6 Å². The van der Waals surface area contributed by atoms with Gasteiger partial charge in [-0.05, 0) is 18.7 Å². The van der Waals surface area contributed by atoms with Gasteiger partial charge in [-0.25, -0.2) is 8.42 Å². The Hall–Kier alpha value is 0.610. The molecule has 0 aromatic heterocycles. The monoisotopic (exact) mass is 312 g/mol. The molecule has 2 unspecified atom stereocenters. The van der Waals surface area contributed by atoms with E-state index >= 15 is 0 Å². The summed E-state index contributed by atoms with van der Waals surface area (Å²) in [4.78, 5) is 0. The second-order valence-corrected chi connectivity index (χ2v) is 6.74. The normalized spacial score (nSPS) is 29.9. The lowest BCUT2D eigenvalue weighted by atomic mass is 10.4. The van der Waals surface area contributed by atoms with Gasteiger partial charge in [-0.1, -0.05) is 23.2 Å². The van der Waals surface area contributed by atoms with Gasteiger partial charge < -0.3 is 0 Å². The van der Waals surface area contributed by atoms with E-state index in [0.29, 0.717) is 5.70 Å². The maximum absolute atomic E-state index is 11.4. The van der Waals surface area contributed by atoms with Crippen molar-refractivity contribution < 1.29 is 8.42 Å². The zero-order valence-electron chi connectivity index (χ0n) is 7.79. The molecule has 0 spiro atoms. The molecule has 9 heteroatoms. The third-order valence-corrected chi connectivity index (χ3v) is 5.25. The van der Waals surface area contributed by atoms with Gasteiger partial charge in [0, 0.05) is 23.7 Å². The molecule has 4 nitrogen and oxygen atoms in total. The Labute approximate surface area is 108 Å². The van der Waals surface area contributed by atoms with Crippen LogP contribution in [-0.2, 0) is 9.84 Å². The first-order valence-corrected chi connectivity index (χ1v) is 7.20. The second kappa shape index (κ2) is 4.47. The molecule has 0 aliphatic carbocycles. The van der Waals surface area contributed by atoms with Crippen molar-refractivity contribution in [3.05, 3.63) is 10.7 Å². The summed E-state index contributed by atoms with van der Waals surface area (Å²) >= 11 is 23.2. The Morgan fingerprint density at radius 1 is 1.33 bits per heavy atom. The van der Waals surface area contributed by atoms with Crippen molar-refractivity contribution in [2.24, 2.45) is 0 Å². The first-order valence-electron chi connectivity index (χ1n) is 3.76. The maximum Gasteiger partial charge on any atom is 0.215 e. The largest absolute Gasteiger partial charge is 0.255 e. The first-order chi connectivity index (χ1) is 6.68. The summed E-state index contributed by atoms with van der Waals surface area (Å²) in [6.45, 7) is 1.56. The molecule has 88 valence electrons. The zero-order valence-corrected chi connectivity index (χ0v) is 11.6. The Morgan fingerprint density at radius 3 is 2.20 bits per heavy atom. The van der Waals surface area contributed by atoms with E-state index in [1.54, 1.807) is 6.92 Å². The highest BCUT2D eigenvalue weighted by Crippen LogP contribution is 2.37.